The Kier molecular flexibility index (Phi) is 25.1. The van der Waals surface area contributed by atoms with E-state index in [1.807, 2.05) is 20.8 Å². The van der Waals surface area contributed by atoms with Crippen molar-refractivity contribution in [2.45, 2.75) is 191 Å². The summed E-state index contributed by atoms with van der Waals surface area (Å²) in [5.74, 6) is -15.9. The van der Waals surface area contributed by atoms with Crippen molar-refractivity contribution in [2.75, 3.05) is 11.9 Å². The van der Waals surface area contributed by atoms with Crippen LogP contribution in [0.15, 0.2) is 103 Å². The number of anilines is 1. The quantitative estimate of drug-likeness (QED) is 0.0404. The molecule has 0 spiro atoms. The molecule has 14 atom stereocenters. The number of hydrogen-bond donors (Lipinski definition) is 15. The summed E-state index contributed by atoms with van der Waals surface area (Å²) in [6.45, 7) is 6.62. The molecule has 6 aliphatic heterocycles. The van der Waals surface area contributed by atoms with Crippen molar-refractivity contribution in [1.82, 2.24) is 26.6 Å². The number of benzene rings is 6. The van der Waals surface area contributed by atoms with Gasteiger partial charge in [0.15, 0.2) is 28.8 Å². The first-order chi connectivity index (χ1) is 54.4. The van der Waals surface area contributed by atoms with Crippen molar-refractivity contribution in [2.24, 2.45) is 47.3 Å². The number of urea groups is 1. The molecule has 16 rings (SSSR count). The number of aliphatic hydroxyl groups is 6. The number of imide groups is 1. The smallest absolute Gasteiger partial charge is 0.325 e. The summed E-state index contributed by atoms with van der Waals surface area (Å²) in [5.41, 5.74) is -0.315. The number of hydrogen-bond acceptors (Lipinski definition) is 22. The summed E-state index contributed by atoms with van der Waals surface area (Å²) in [7, 11) is 0. The lowest BCUT2D eigenvalue weighted by Gasteiger charge is -2.54. The molecule has 15 bridgehead atoms. The van der Waals surface area contributed by atoms with Crippen LogP contribution < -0.4 is 46.1 Å². The number of aryl methyl sites for hydroxylation is 1. The molecular formula is C84H94Cl2N6O22. The first kappa shape index (κ1) is 82.2. The van der Waals surface area contributed by atoms with Gasteiger partial charge in [-0.2, -0.15) is 0 Å². The van der Waals surface area contributed by atoms with Crippen molar-refractivity contribution < 1.29 is 108 Å². The predicted octanol–water partition coefficient (Wildman–Crippen LogP) is 9.44. The zero-order chi connectivity index (χ0) is 81.4. The highest BCUT2D eigenvalue weighted by molar-refractivity contribution is 6.32. The third kappa shape index (κ3) is 17.7. The van der Waals surface area contributed by atoms with Crippen LogP contribution in [0, 0.1) is 47.3 Å². The van der Waals surface area contributed by atoms with E-state index in [9.17, 15) is 60.3 Å². The molecule has 606 valence electrons. The zero-order valence-electron chi connectivity index (χ0n) is 63.1. The van der Waals surface area contributed by atoms with Crippen LogP contribution in [-0.4, -0.2) is 148 Å². The lowest BCUT2D eigenvalue weighted by Crippen LogP contribution is -2.60. The number of unbranched alkanes of at least 4 members (excludes halogenated alkanes) is 1. The molecule has 4 saturated carbocycles. The Balaban J connectivity index is 0.991. The first-order valence-corrected chi connectivity index (χ1v) is 39.5. The Morgan fingerprint density at radius 3 is 1.89 bits per heavy atom. The van der Waals surface area contributed by atoms with Gasteiger partial charge in [0.05, 0.1) is 28.5 Å². The molecule has 0 aromatic heterocycles. The number of amides is 7. The lowest BCUT2D eigenvalue weighted by atomic mass is 9.51. The number of phenolic OH excluding ortho intramolecular Hbond substituents is 3. The summed E-state index contributed by atoms with van der Waals surface area (Å²) < 4.78 is 25.6. The van der Waals surface area contributed by atoms with Gasteiger partial charge in [-0.1, -0.05) is 87.6 Å². The van der Waals surface area contributed by atoms with Gasteiger partial charge in [-0.3, -0.25) is 43.7 Å². The van der Waals surface area contributed by atoms with E-state index in [0.717, 1.165) is 93.3 Å². The van der Waals surface area contributed by atoms with E-state index < -0.39 is 198 Å². The SMILES string of the molecule is CCCCc1ccc(NC(=O)NC(=O)C[C@@H]2CC(=O)[C@H](NC(=O)[C@H](CC)CC(C)C)[C@H](O)c3ccc(c(Cl)c3)Oc3cc4cc(c3O[C@@H]3O[C@H](CO)[C@@H](O)[C@H](O)[C@H]3O)Oc3ccc(cc3Cl)[C@@H](O)[C@@H]3NC(=O)[C@@H](CC(=O)[C@@H]4NC2=O)c2ccc(O)c(c2)-c2c(O)cc(O)cc2[C@@H](C(=O)CC2C4CC5CC(C4)CC2C5)NC3=O)cc1. The number of rotatable bonds is 17. The molecule has 6 aromatic rings. The number of nitrogens with one attached hydrogen (secondary N) is 6. The molecule has 5 fully saturated rings. The Morgan fingerprint density at radius 2 is 1.28 bits per heavy atom. The fourth-order valence-corrected chi connectivity index (χ4v) is 18.2. The third-order valence-corrected chi connectivity index (χ3v) is 24.0. The number of aromatic hydroxyl groups is 3. The molecule has 6 heterocycles. The highest BCUT2D eigenvalue weighted by Gasteiger charge is 2.51. The van der Waals surface area contributed by atoms with Crippen molar-refractivity contribution in [3.05, 3.63) is 147 Å². The van der Waals surface area contributed by atoms with Crippen LogP contribution in [-0.2, 0) is 49.5 Å². The zero-order valence-corrected chi connectivity index (χ0v) is 64.6. The van der Waals surface area contributed by atoms with Crippen LogP contribution in [0.25, 0.3) is 11.1 Å². The molecule has 4 aliphatic carbocycles. The normalized spacial score (nSPS) is 28.2. The predicted molar refractivity (Wildman–Crippen MR) is 412 cm³/mol. The van der Waals surface area contributed by atoms with Gasteiger partial charge in [0.1, 0.15) is 89.5 Å². The van der Waals surface area contributed by atoms with E-state index >= 15 is 28.8 Å². The van der Waals surface area contributed by atoms with E-state index in [1.54, 1.807) is 31.2 Å². The van der Waals surface area contributed by atoms with Gasteiger partial charge in [-0.15, -0.1) is 0 Å². The third-order valence-electron chi connectivity index (χ3n) is 23.4. The number of ketones is 3. The number of ether oxygens (including phenoxy) is 4. The van der Waals surface area contributed by atoms with Gasteiger partial charge in [0.2, 0.25) is 41.6 Å². The molecule has 10 aliphatic rings. The van der Waals surface area contributed by atoms with Gasteiger partial charge in [0, 0.05) is 54.5 Å². The maximum absolute atomic E-state index is 16.5. The Morgan fingerprint density at radius 1 is 0.640 bits per heavy atom. The highest BCUT2D eigenvalue weighted by atomic mass is 35.5. The molecule has 28 nitrogen and oxygen atoms in total. The van der Waals surface area contributed by atoms with Crippen molar-refractivity contribution in [3.8, 4) is 57.1 Å². The van der Waals surface area contributed by atoms with Crippen LogP contribution >= 0.6 is 23.2 Å². The molecule has 30 heteroatoms. The highest BCUT2D eigenvalue weighted by Crippen LogP contribution is 2.58. The Bertz CT molecular complexity index is 4680. The van der Waals surface area contributed by atoms with E-state index in [0.29, 0.717) is 18.3 Å². The van der Waals surface area contributed by atoms with Crippen molar-refractivity contribution in [3.63, 3.8) is 0 Å². The van der Waals surface area contributed by atoms with Crippen LogP contribution in [0.3, 0.4) is 0 Å². The molecule has 1 saturated heterocycles. The summed E-state index contributed by atoms with van der Waals surface area (Å²) in [4.78, 5) is 138. The minimum atomic E-state index is -2.21. The monoisotopic (exact) mass is 1610 g/mol. The molecule has 114 heavy (non-hydrogen) atoms. The summed E-state index contributed by atoms with van der Waals surface area (Å²) >= 11 is 14.3. The number of carbonyl (C=O) groups excluding carboxylic acids is 9. The fraction of sp³-hybridized carbons (Fsp3) is 0.464. The van der Waals surface area contributed by atoms with Gasteiger partial charge in [-0.05, 0) is 193 Å². The minimum Gasteiger partial charge on any atom is -0.508 e. The van der Waals surface area contributed by atoms with Gasteiger partial charge in [0.25, 0.3) is 0 Å². The maximum atomic E-state index is 16.5. The van der Waals surface area contributed by atoms with Crippen molar-refractivity contribution >= 4 is 81.8 Å². The number of phenols is 3. The molecule has 7 amide bonds. The number of aliphatic hydroxyl groups excluding tert-OH is 6. The summed E-state index contributed by atoms with van der Waals surface area (Å²) in [6, 6.07) is 12.9. The molecule has 0 radical (unpaired) electrons. The molecule has 0 unspecified atom stereocenters. The second-order valence-electron chi connectivity index (χ2n) is 31.8. The van der Waals surface area contributed by atoms with Crippen LogP contribution in [0.4, 0.5) is 10.5 Å². The summed E-state index contributed by atoms with van der Waals surface area (Å²) in [6.07, 6.45) is -9.16. The van der Waals surface area contributed by atoms with Crippen LogP contribution in [0.2, 0.25) is 10.0 Å². The van der Waals surface area contributed by atoms with Gasteiger partial charge >= 0.3 is 6.03 Å². The summed E-state index contributed by atoms with van der Waals surface area (Å²) in [5, 5.41) is 120. The maximum Gasteiger partial charge on any atom is 0.325 e. The molecule has 15 N–H and O–H groups in total. The number of Topliss-reactive ketones (excluding diaryl/α,β-unsaturated/α-hetero) is 3. The van der Waals surface area contributed by atoms with Gasteiger partial charge in [-0.25, -0.2) is 4.79 Å². The van der Waals surface area contributed by atoms with Crippen LogP contribution in [0.1, 0.15) is 175 Å². The number of fused-ring (bicyclic) bond motifs is 15. The second-order valence-corrected chi connectivity index (χ2v) is 32.6. The largest absolute Gasteiger partial charge is 0.508 e. The van der Waals surface area contributed by atoms with E-state index in [-0.39, 0.29) is 103 Å². The van der Waals surface area contributed by atoms with E-state index in [2.05, 4.69) is 31.9 Å². The standard InChI is InChI=1S/C84H94Cl2N6O22/c1-5-7-8-38-9-14-49(15-10-38)87-84(110)88-67(100)31-48-28-59(97)71(91-79(106)41(6-2)19-37(3)4)73(101)43-12-17-62(55(85)26-43)111-64-29-47-30-65(78(64)114-83-77(105)76(104)75(103)66(36-93)113-83)112-63-18-13-44(27-56(63)86)74(102)72-82(109)90-70(61(99)34-51-45-21-39-20-40(23-45)24-46(51)22-39)54-32-50(94)33-58(96)68(54)53-25-42(11-16-57(53)95)52(81(108)92-72)35-60(98)69(47)89-80(48)107/h9-18,25-27,29-30,32-33,37,39-41,45-46,48,51-52,66,69-77,83,93-96,101-105H,5-8,19-24,28,31,34-36H2,1-4H3,(H,89,107)(H,90,109)(H,91,106)(H,92,108)(H2,87,88,100,110)/t39?,40?,41-,45?,46?,48+,51?,52+,66-,69-,70+,71+,72+,73-,74-,75-,76+,77-,83+/m1/s1. The number of halogens is 2. The van der Waals surface area contributed by atoms with Crippen molar-refractivity contribution in [1.29, 1.82) is 0 Å². The fourth-order valence-electron chi connectivity index (χ4n) is 17.7. The van der Waals surface area contributed by atoms with E-state index in [1.165, 1.54) is 42.5 Å². The Hall–Kier alpha value is -9.75. The second kappa shape index (κ2) is 34.8. The van der Waals surface area contributed by atoms with Crippen LogP contribution in [0.5, 0.6) is 46.0 Å². The first-order valence-electron chi connectivity index (χ1n) is 38.8. The minimum absolute atomic E-state index is 0.0334. The van der Waals surface area contributed by atoms with E-state index in [4.69, 9.17) is 42.1 Å². The molecule has 6 aromatic carbocycles. The number of carbonyl (C=O) groups is 9. The molecular weight excluding hydrogens is 1520 g/mol. The Labute approximate surface area is 666 Å². The average Bonchev–Trinajstić information content (AvgIpc) is 0.759. The topological polar surface area (TPSA) is 445 Å². The average molecular weight is 1610 g/mol. The lowest BCUT2D eigenvalue weighted by molar-refractivity contribution is -0.277. The van der Waals surface area contributed by atoms with Gasteiger partial charge < -0.3 is 91.5 Å².